The van der Waals surface area contributed by atoms with E-state index in [1.54, 1.807) is 6.20 Å². The van der Waals surface area contributed by atoms with Gasteiger partial charge in [0.25, 0.3) is 0 Å². The van der Waals surface area contributed by atoms with Gasteiger partial charge in [-0.3, -0.25) is 4.79 Å². The number of hydrogen-bond acceptors (Lipinski definition) is 4. The Morgan fingerprint density at radius 1 is 1.20 bits per heavy atom. The van der Waals surface area contributed by atoms with Crippen molar-refractivity contribution in [2.75, 3.05) is 0 Å². The summed E-state index contributed by atoms with van der Waals surface area (Å²) in [5.74, 6) is -0.338. The first-order valence-electron chi connectivity index (χ1n) is 6.37. The van der Waals surface area contributed by atoms with Crippen molar-refractivity contribution in [3.8, 4) is 0 Å². The van der Waals surface area contributed by atoms with Crippen LogP contribution in [0.5, 0.6) is 0 Å². The fourth-order valence-corrected chi connectivity index (χ4v) is 2.10. The van der Waals surface area contributed by atoms with E-state index >= 15 is 0 Å². The van der Waals surface area contributed by atoms with Crippen molar-refractivity contribution in [1.82, 2.24) is 15.0 Å². The first kappa shape index (κ1) is 12.5. The van der Waals surface area contributed by atoms with E-state index in [0.717, 1.165) is 21.9 Å². The summed E-state index contributed by atoms with van der Waals surface area (Å²) < 4.78 is 0. The number of carboxylic acids is 1. The molecule has 0 spiro atoms. The van der Waals surface area contributed by atoms with Crippen molar-refractivity contribution in [2.45, 2.75) is 19.8 Å². The van der Waals surface area contributed by atoms with Gasteiger partial charge in [0.2, 0.25) is 0 Å². The minimum Gasteiger partial charge on any atom is -0.481 e. The zero-order valence-corrected chi connectivity index (χ0v) is 11.0. The standard InChI is InChI=1S/C15H13N3O2/c1-9-2-3-10-7-11-8-16-13(4-5-14(19)20)18-15(11)17-12(10)6-9/h2-3,6-8H,4-5H2,1H3,(H,19,20). The largest absolute Gasteiger partial charge is 0.481 e. The molecule has 5 nitrogen and oxygen atoms in total. The van der Waals surface area contributed by atoms with Crippen molar-refractivity contribution in [3.05, 3.63) is 41.9 Å². The lowest BCUT2D eigenvalue weighted by molar-refractivity contribution is -0.137. The van der Waals surface area contributed by atoms with Gasteiger partial charge in [0.05, 0.1) is 11.9 Å². The van der Waals surface area contributed by atoms with Crippen molar-refractivity contribution >= 4 is 27.9 Å². The number of aryl methyl sites for hydroxylation is 2. The van der Waals surface area contributed by atoms with Gasteiger partial charge in [-0.25, -0.2) is 15.0 Å². The van der Waals surface area contributed by atoms with Crippen LogP contribution in [0.1, 0.15) is 17.8 Å². The molecule has 0 saturated heterocycles. The summed E-state index contributed by atoms with van der Waals surface area (Å²) in [5, 5.41) is 10.6. The van der Waals surface area contributed by atoms with Crippen LogP contribution in [0.4, 0.5) is 0 Å². The average molecular weight is 267 g/mol. The Morgan fingerprint density at radius 3 is 2.85 bits per heavy atom. The lowest BCUT2D eigenvalue weighted by Crippen LogP contribution is -2.02. The van der Waals surface area contributed by atoms with Gasteiger partial charge in [-0.2, -0.15) is 0 Å². The fourth-order valence-electron chi connectivity index (χ4n) is 2.10. The van der Waals surface area contributed by atoms with Gasteiger partial charge < -0.3 is 5.11 Å². The third kappa shape index (κ3) is 2.42. The molecule has 1 N–H and O–H groups in total. The highest BCUT2D eigenvalue weighted by atomic mass is 16.4. The second-order valence-electron chi connectivity index (χ2n) is 4.78. The summed E-state index contributed by atoms with van der Waals surface area (Å²) in [6, 6.07) is 8.07. The molecule has 0 aliphatic rings. The van der Waals surface area contributed by atoms with Gasteiger partial charge in [-0.1, -0.05) is 12.1 Å². The van der Waals surface area contributed by atoms with Crippen LogP contribution in [0.15, 0.2) is 30.5 Å². The molecule has 0 amide bonds. The minimum absolute atomic E-state index is 0.0260. The fraction of sp³-hybridized carbons (Fsp3) is 0.200. The molecular weight excluding hydrogens is 254 g/mol. The van der Waals surface area contributed by atoms with E-state index in [2.05, 4.69) is 15.0 Å². The van der Waals surface area contributed by atoms with Gasteiger partial charge in [0, 0.05) is 23.4 Å². The molecule has 0 radical (unpaired) electrons. The molecule has 5 heteroatoms. The molecule has 0 atom stereocenters. The summed E-state index contributed by atoms with van der Waals surface area (Å²) >= 11 is 0. The molecule has 0 saturated carbocycles. The van der Waals surface area contributed by atoms with E-state index in [0.29, 0.717) is 17.9 Å². The summed E-state index contributed by atoms with van der Waals surface area (Å²) in [6.45, 7) is 2.02. The maximum absolute atomic E-state index is 10.6. The molecule has 0 aliphatic heterocycles. The number of benzene rings is 1. The topological polar surface area (TPSA) is 76.0 Å². The van der Waals surface area contributed by atoms with Gasteiger partial charge in [0.1, 0.15) is 5.82 Å². The lowest BCUT2D eigenvalue weighted by Gasteiger charge is -2.03. The second-order valence-corrected chi connectivity index (χ2v) is 4.78. The van der Waals surface area contributed by atoms with Gasteiger partial charge in [-0.15, -0.1) is 0 Å². The Morgan fingerprint density at radius 2 is 2.05 bits per heavy atom. The molecule has 0 fully saturated rings. The normalized spacial score (nSPS) is 11.1. The highest BCUT2D eigenvalue weighted by Crippen LogP contribution is 2.19. The van der Waals surface area contributed by atoms with Crippen LogP contribution in [0.2, 0.25) is 0 Å². The molecule has 20 heavy (non-hydrogen) atoms. The van der Waals surface area contributed by atoms with E-state index in [4.69, 9.17) is 5.11 Å². The smallest absolute Gasteiger partial charge is 0.303 e. The summed E-state index contributed by atoms with van der Waals surface area (Å²) in [7, 11) is 0. The van der Waals surface area contributed by atoms with Gasteiger partial charge >= 0.3 is 5.97 Å². The SMILES string of the molecule is Cc1ccc2cc3cnc(CCC(=O)O)nc3nc2c1. The number of rotatable bonds is 3. The van der Waals surface area contributed by atoms with Gasteiger partial charge in [-0.05, 0) is 24.6 Å². The Bertz CT molecular complexity index is 815. The highest BCUT2D eigenvalue weighted by Gasteiger charge is 2.06. The second kappa shape index (κ2) is 4.85. The van der Waals surface area contributed by atoms with E-state index in [-0.39, 0.29) is 6.42 Å². The molecule has 1 aromatic carbocycles. The molecule has 0 unspecified atom stereocenters. The Labute approximate surface area is 115 Å². The number of pyridine rings is 1. The number of carboxylic acid groups (broad SMARTS) is 1. The Hall–Kier alpha value is -2.56. The predicted molar refractivity (Wildman–Crippen MR) is 75.5 cm³/mol. The molecule has 2 aromatic heterocycles. The monoisotopic (exact) mass is 267 g/mol. The first-order chi connectivity index (χ1) is 9.61. The Kier molecular flexibility index (Phi) is 3.02. The van der Waals surface area contributed by atoms with Crippen LogP contribution in [-0.2, 0) is 11.2 Å². The van der Waals surface area contributed by atoms with Crippen molar-refractivity contribution in [2.24, 2.45) is 0 Å². The number of aromatic nitrogens is 3. The van der Waals surface area contributed by atoms with Crippen molar-refractivity contribution in [3.63, 3.8) is 0 Å². The van der Waals surface area contributed by atoms with Crippen LogP contribution in [0.3, 0.4) is 0 Å². The van der Waals surface area contributed by atoms with E-state index in [1.807, 2.05) is 31.2 Å². The van der Waals surface area contributed by atoms with Crippen LogP contribution < -0.4 is 0 Å². The van der Waals surface area contributed by atoms with E-state index < -0.39 is 5.97 Å². The molecule has 0 bridgehead atoms. The number of nitrogens with zero attached hydrogens (tertiary/aromatic N) is 3. The van der Waals surface area contributed by atoms with Crippen LogP contribution in [0.25, 0.3) is 21.9 Å². The minimum atomic E-state index is -0.851. The molecule has 2 heterocycles. The number of fused-ring (bicyclic) bond motifs is 2. The summed E-state index contributed by atoms with van der Waals surface area (Å²) in [6.07, 6.45) is 2.04. The summed E-state index contributed by atoms with van der Waals surface area (Å²) in [4.78, 5) is 23.6. The lowest BCUT2D eigenvalue weighted by atomic mass is 10.1. The van der Waals surface area contributed by atoms with E-state index in [9.17, 15) is 4.79 Å². The Balaban J connectivity index is 2.08. The molecular formula is C15H13N3O2. The van der Waals surface area contributed by atoms with Crippen LogP contribution >= 0.6 is 0 Å². The third-order valence-electron chi connectivity index (χ3n) is 3.13. The number of carbonyl (C=O) groups is 1. The highest BCUT2D eigenvalue weighted by molar-refractivity contribution is 5.90. The average Bonchev–Trinajstić information content (AvgIpc) is 2.42. The van der Waals surface area contributed by atoms with Gasteiger partial charge in [0.15, 0.2) is 5.65 Å². The molecule has 3 aromatic rings. The zero-order valence-electron chi connectivity index (χ0n) is 11.0. The number of aliphatic carboxylic acids is 1. The van der Waals surface area contributed by atoms with Crippen LogP contribution in [-0.4, -0.2) is 26.0 Å². The molecule has 100 valence electrons. The maximum atomic E-state index is 10.6. The van der Waals surface area contributed by atoms with E-state index in [1.165, 1.54) is 0 Å². The van der Waals surface area contributed by atoms with Crippen LogP contribution in [0, 0.1) is 6.92 Å². The quantitative estimate of drug-likeness (QED) is 0.738. The summed E-state index contributed by atoms with van der Waals surface area (Å²) in [5.41, 5.74) is 2.64. The molecule has 3 rings (SSSR count). The number of hydrogen-bond donors (Lipinski definition) is 1. The third-order valence-corrected chi connectivity index (χ3v) is 3.13. The van der Waals surface area contributed by atoms with Crippen molar-refractivity contribution < 1.29 is 9.90 Å². The first-order valence-corrected chi connectivity index (χ1v) is 6.37. The zero-order chi connectivity index (χ0) is 14.1. The maximum Gasteiger partial charge on any atom is 0.303 e. The molecule has 0 aliphatic carbocycles. The predicted octanol–water partition coefficient (Wildman–Crippen LogP) is 2.50. The van der Waals surface area contributed by atoms with Crippen molar-refractivity contribution in [1.29, 1.82) is 0 Å².